The highest BCUT2D eigenvalue weighted by Crippen LogP contribution is 2.56. The van der Waals surface area contributed by atoms with E-state index in [1.165, 1.54) is 7.11 Å². The molecule has 1 aliphatic carbocycles. The fraction of sp³-hybridized carbons (Fsp3) is 0.556. The number of fused-ring (bicyclic) bond motifs is 1. The summed E-state index contributed by atoms with van der Waals surface area (Å²) in [6.07, 6.45) is 3.83. The zero-order chi connectivity index (χ0) is 25.7. The van der Waals surface area contributed by atoms with Crippen molar-refractivity contribution in [1.29, 1.82) is 0 Å². The molecule has 1 fully saturated rings. The van der Waals surface area contributed by atoms with Crippen molar-refractivity contribution in [2.24, 2.45) is 0 Å². The lowest BCUT2D eigenvalue weighted by molar-refractivity contribution is -0.136. The summed E-state index contributed by atoms with van der Waals surface area (Å²) in [4.78, 5) is 25.7. The van der Waals surface area contributed by atoms with Gasteiger partial charge >= 0.3 is 5.97 Å². The first kappa shape index (κ1) is 27.6. The Hall–Kier alpha value is -2.64. The fourth-order valence-electron chi connectivity index (χ4n) is 5.45. The predicted octanol–water partition coefficient (Wildman–Crippen LogP) is 3.64. The highest BCUT2D eigenvalue weighted by atomic mass is 16.5. The zero-order valence-corrected chi connectivity index (χ0v) is 21.8. The number of amides is 1. The molecule has 0 radical (unpaired) electrons. The van der Waals surface area contributed by atoms with Crippen LogP contribution in [0.15, 0.2) is 41.1 Å². The maximum absolute atomic E-state index is 12.4. The number of allylic oxidation sites excluding steroid dienone is 2. The zero-order valence-electron chi connectivity index (χ0n) is 21.8. The molecule has 7 heteroatoms. The summed E-state index contributed by atoms with van der Waals surface area (Å²) in [6, 6.07) is 5.79. The molecule has 2 unspecified atom stereocenters. The lowest BCUT2D eigenvalue weighted by atomic mass is 9.53. The van der Waals surface area contributed by atoms with Crippen LogP contribution < -0.4 is 10.1 Å². The summed E-state index contributed by atoms with van der Waals surface area (Å²) in [6.45, 7) is 10.6. The minimum atomic E-state index is -1.13. The van der Waals surface area contributed by atoms with Crippen LogP contribution in [0, 0.1) is 6.92 Å². The molecule has 3 rings (SSSR count). The van der Waals surface area contributed by atoms with E-state index in [2.05, 4.69) is 10.2 Å². The Morgan fingerprint density at radius 3 is 2.53 bits per heavy atom. The number of benzene rings is 1. The van der Waals surface area contributed by atoms with Crippen LogP contribution in [0.25, 0.3) is 0 Å². The standard InChI is InChI=1S/C25H34N2O5.C2H6/c1-16-7-8-20(31-5)12-21(16)24-9-10-27(4)18(3)25(24,30)13-19(22(14-24)26-15-28)11-17(2)23(29)32-6;1-2/h7-8,11-12,15,18,30H,9-10,13-14H2,1-6H3,(H,26,28);1-2H3/b17-11+;/t18?,24-,25?;/m0./s1. The van der Waals surface area contributed by atoms with E-state index >= 15 is 0 Å². The van der Waals surface area contributed by atoms with Crippen molar-refractivity contribution in [3.63, 3.8) is 0 Å². The quantitative estimate of drug-likeness (QED) is 0.373. The van der Waals surface area contributed by atoms with Crippen LogP contribution in [-0.2, 0) is 19.7 Å². The predicted molar refractivity (Wildman–Crippen MR) is 134 cm³/mol. The van der Waals surface area contributed by atoms with Gasteiger partial charge in [0.25, 0.3) is 0 Å². The molecule has 7 nitrogen and oxygen atoms in total. The van der Waals surface area contributed by atoms with E-state index in [0.717, 1.165) is 35.4 Å². The van der Waals surface area contributed by atoms with Crippen molar-refractivity contribution in [1.82, 2.24) is 10.2 Å². The SMILES string of the molecule is CC.COC(=O)/C(C)=C/C1=C(NC=O)C[C@]2(c3cc(OC)ccc3C)CCN(C)C(C)C2(O)C1. The van der Waals surface area contributed by atoms with E-state index in [1.807, 2.05) is 52.9 Å². The molecule has 1 heterocycles. The summed E-state index contributed by atoms with van der Waals surface area (Å²) in [5, 5.41) is 15.3. The smallest absolute Gasteiger partial charge is 0.333 e. The number of esters is 1. The van der Waals surface area contributed by atoms with Gasteiger partial charge in [-0.05, 0) is 75.7 Å². The van der Waals surface area contributed by atoms with Crippen molar-refractivity contribution in [2.75, 3.05) is 27.8 Å². The van der Waals surface area contributed by atoms with Gasteiger partial charge in [-0.25, -0.2) is 4.79 Å². The second kappa shape index (κ2) is 11.2. The molecule has 0 spiro atoms. The van der Waals surface area contributed by atoms with Gasteiger partial charge in [-0.2, -0.15) is 0 Å². The fourth-order valence-corrected chi connectivity index (χ4v) is 5.45. The number of aliphatic hydroxyl groups is 1. The molecule has 1 saturated heterocycles. The summed E-state index contributed by atoms with van der Waals surface area (Å²) in [5.41, 5.74) is 2.20. The Balaban J connectivity index is 0.00000199. The average molecular weight is 473 g/mol. The third-order valence-corrected chi connectivity index (χ3v) is 7.49. The molecule has 2 N–H and O–H groups in total. The molecule has 0 aromatic heterocycles. The van der Waals surface area contributed by atoms with Gasteiger partial charge in [-0.15, -0.1) is 0 Å². The number of likely N-dealkylation sites (tertiary alicyclic amines) is 1. The average Bonchev–Trinajstić information content (AvgIpc) is 2.84. The number of nitrogens with one attached hydrogen (secondary N) is 1. The lowest BCUT2D eigenvalue weighted by Crippen LogP contribution is -2.68. The van der Waals surface area contributed by atoms with Crippen molar-refractivity contribution in [3.8, 4) is 5.75 Å². The number of carbonyl (C=O) groups is 2. The van der Waals surface area contributed by atoms with Crippen LogP contribution in [0.3, 0.4) is 0 Å². The van der Waals surface area contributed by atoms with Crippen LogP contribution >= 0.6 is 0 Å². The molecule has 1 amide bonds. The molecule has 0 bridgehead atoms. The van der Waals surface area contributed by atoms with Gasteiger partial charge in [0.1, 0.15) is 5.75 Å². The normalized spacial score (nSPS) is 27.2. The van der Waals surface area contributed by atoms with Crippen molar-refractivity contribution in [3.05, 3.63) is 52.2 Å². The first-order valence-corrected chi connectivity index (χ1v) is 11.9. The number of hydrogen-bond donors (Lipinski definition) is 2. The molecule has 1 aliphatic heterocycles. The van der Waals surface area contributed by atoms with E-state index in [9.17, 15) is 14.7 Å². The molecule has 1 aromatic carbocycles. The molecule has 2 aliphatic rings. The number of ether oxygens (including phenoxy) is 2. The van der Waals surface area contributed by atoms with Crippen LogP contribution in [-0.4, -0.2) is 61.8 Å². The number of hydrogen-bond acceptors (Lipinski definition) is 6. The van der Waals surface area contributed by atoms with Crippen LogP contribution in [0.5, 0.6) is 5.75 Å². The van der Waals surface area contributed by atoms with Gasteiger partial charge in [-0.3, -0.25) is 4.79 Å². The van der Waals surface area contributed by atoms with Crippen molar-refractivity contribution < 1.29 is 24.2 Å². The summed E-state index contributed by atoms with van der Waals surface area (Å²) in [7, 11) is 4.99. The molecule has 1 aromatic rings. The second-order valence-corrected chi connectivity index (χ2v) is 9.03. The molecular weight excluding hydrogens is 432 g/mol. The second-order valence-electron chi connectivity index (χ2n) is 9.03. The number of piperidine rings is 1. The molecule has 0 saturated carbocycles. The minimum absolute atomic E-state index is 0.151. The third kappa shape index (κ3) is 4.77. The number of methoxy groups -OCH3 is 2. The largest absolute Gasteiger partial charge is 0.497 e. The van der Waals surface area contributed by atoms with Gasteiger partial charge in [0.05, 0.1) is 19.8 Å². The Morgan fingerprint density at radius 1 is 1.26 bits per heavy atom. The summed E-state index contributed by atoms with van der Waals surface area (Å²) >= 11 is 0. The van der Waals surface area contributed by atoms with Crippen molar-refractivity contribution >= 4 is 12.4 Å². The van der Waals surface area contributed by atoms with E-state index in [1.54, 1.807) is 20.1 Å². The first-order chi connectivity index (χ1) is 16.1. The van der Waals surface area contributed by atoms with Gasteiger partial charge < -0.3 is 24.8 Å². The van der Waals surface area contributed by atoms with Crippen LogP contribution in [0.4, 0.5) is 0 Å². The third-order valence-electron chi connectivity index (χ3n) is 7.49. The Bertz CT molecular complexity index is 970. The Kier molecular flexibility index (Phi) is 9.08. The number of nitrogens with zero attached hydrogens (tertiary/aromatic N) is 1. The first-order valence-electron chi connectivity index (χ1n) is 11.9. The van der Waals surface area contributed by atoms with E-state index in [4.69, 9.17) is 9.47 Å². The highest BCUT2D eigenvalue weighted by molar-refractivity contribution is 5.88. The van der Waals surface area contributed by atoms with Crippen molar-refractivity contribution in [2.45, 2.75) is 70.9 Å². The van der Waals surface area contributed by atoms with Crippen LogP contribution in [0.2, 0.25) is 0 Å². The van der Waals surface area contributed by atoms with Gasteiger partial charge in [-0.1, -0.05) is 19.9 Å². The van der Waals surface area contributed by atoms with E-state index in [-0.39, 0.29) is 6.04 Å². The molecule has 3 atom stereocenters. The monoisotopic (exact) mass is 472 g/mol. The highest BCUT2D eigenvalue weighted by Gasteiger charge is 2.60. The Morgan fingerprint density at radius 2 is 1.94 bits per heavy atom. The molecular formula is C27H40N2O5. The number of aryl methyl sites for hydroxylation is 1. The topological polar surface area (TPSA) is 88.1 Å². The Labute approximate surface area is 203 Å². The summed E-state index contributed by atoms with van der Waals surface area (Å²) < 4.78 is 10.4. The number of likely N-dealkylation sites (N-methyl/N-ethyl adjacent to an activating group) is 1. The number of carbonyl (C=O) groups excluding carboxylic acids is 2. The maximum atomic E-state index is 12.4. The maximum Gasteiger partial charge on any atom is 0.333 e. The van der Waals surface area contributed by atoms with Crippen LogP contribution in [0.1, 0.15) is 58.1 Å². The summed E-state index contributed by atoms with van der Waals surface area (Å²) in [5.74, 6) is 0.291. The molecule has 34 heavy (non-hydrogen) atoms. The van der Waals surface area contributed by atoms with Gasteiger partial charge in [0, 0.05) is 35.6 Å². The number of rotatable bonds is 6. The van der Waals surface area contributed by atoms with E-state index in [0.29, 0.717) is 30.5 Å². The van der Waals surface area contributed by atoms with E-state index < -0.39 is 17.0 Å². The van der Waals surface area contributed by atoms with Gasteiger partial charge in [0.2, 0.25) is 6.41 Å². The lowest BCUT2D eigenvalue weighted by Gasteiger charge is -2.60. The minimum Gasteiger partial charge on any atom is -0.497 e. The molecule has 188 valence electrons. The van der Waals surface area contributed by atoms with Gasteiger partial charge in [0.15, 0.2) is 0 Å².